The van der Waals surface area contributed by atoms with E-state index in [1.54, 1.807) is 18.2 Å². The molecule has 1 rings (SSSR count). The maximum Gasteiger partial charge on any atom is 0.115 e. The van der Waals surface area contributed by atoms with Gasteiger partial charge in [0.25, 0.3) is 0 Å². The number of hydrogen-bond donors (Lipinski definition) is 3. The first-order chi connectivity index (χ1) is 5.33. The molecule has 3 N–H and O–H groups in total. The number of aromatic hydroxyl groups is 1. The quantitative estimate of drug-likeness (QED) is 0.566. The molecule has 0 saturated heterocycles. The van der Waals surface area contributed by atoms with Gasteiger partial charge >= 0.3 is 0 Å². The zero-order valence-electron chi connectivity index (χ0n) is 6.12. The number of hydrogen-bond acceptors (Lipinski definition) is 3. The van der Waals surface area contributed by atoms with Crippen molar-refractivity contribution in [3.05, 3.63) is 29.8 Å². The largest absolute Gasteiger partial charge is 0.508 e. The predicted octanol–water partition coefficient (Wildman–Crippen LogP) is 0.914. The van der Waals surface area contributed by atoms with Crippen molar-refractivity contribution in [2.75, 3.05) is 6.54 Å². The van der Waals surface area contributed by atoms with E-state index in [0.717, 1.165) is 5.56 Å². The fourth-order valence-electron chi connectivity index (χ4n) is 0.912. The summed E-state index contributed by atoms with van der Waals surface area (Å²) in [5.41, 5.74) is 3.06. The normalized spacial score (nSPS) is 9.91. The van der Waals surface area contributed by atoms with E-state index in [2.05, 4.69) is 5.48 Å². The molecule has 0 atom stereocenters. The molecule has 0 heterocycles. The lowest BCUT2D eigenvalue weighted by Gasteiger charge is -1.99. The SMILES string of the molecule is ONCCc1cccc(O)c1. The van der Waals surface area contributed by atoms with E-state index >= 15 is 0 Å². The minimum atomic E-state index is 0.264. The zero-order chi connectivity index (χ0) is 8.10. The van der Waals surface area contributed by atoms with Crippen molar-refractivity contribution < 1.29 is 10.3 Å². The lowest BCUT2D eigenvalue weighted by atomic mass is 10.1. The van der Waals surface area contributed by atoms with Gasteiger partial charge in [-0.2, -0.15) is 0 Å². The number of rotatable bonds is 3. The summed E-state index contributed by atoms with van der Waals surface area (Å²) in [4.78, 5) is 0. The van der Waals surface area contributed by atoms with Crippen LogP contribution in [0.3, 0.4) is 0 Å². The van der Waals surface area contributed by atoms with Crippen LogP contribution < -0.4 is 5.48 Å². The van der Waals surface area contributed by atoms with Crippen molar-refractivity contribution in [2.45, 2.75) is 6.42 Å². The first-order valence-electron chi connectivity index (χ1n) is 3.48. The van der Waals surface area contributed by atoms with Crippen LogP contribution in [-0.2, 0) is 6.42 Å². The topological polar surface area (TPSA) is 52.5 Å². The summed E-state index contributed by atoms with van der Waals surface area (Å²) in [7, 11) is 0. The van der Waals surface area contributed by atoms with Gasteiger partial charge in [-0.05, 0) is 24.1 Å². The summed E-state index contributed by atoms with van der Waals surface area (Å²) in [6.07, 6.45) is 0.713. The molecule has 0 saturated carbocycles. The van der Waals surface area contributed by atoms with Crippen LogP contribution in [0.15, 0.2) is 24.3 Å². The number of nitrogens with one attached hydrogen (secondary N) is 1. The van der Waals surface area contributed by atoms with Gasteiger partial charge in [0, 0.05) is 6.54 Å². The van der Waals surface area contributed by atoms with E-state index in [-0.39, 0.29) is 5.75 Å². The molecule has 0 bridgehead atoms. The summed E-state index contributed by atoms with van der Waals surface area (Å²) in [6.45, 7) is 0.503. The molecule has 1 aromatic carbocycles. The first-order valence-corrected chi connectivity index (χ1v) is 3.48. The molecule has 0 aliphatic heterocycles. The van der Waals surface area contributed by atoms with Crippen molar-refractivity contribution in [1.82, 2.24) is 5.48 Å². The number of phenols is 1. The van der Waals surface area contributed by atoms with E-state index in [4.69, 9.17) is 10.3 Å². The van der Waals surface area contributed by atoms with Gasteiger partial charge in [0.15, 0.2) is 0 Å². The van der Waals surface area contributed by atoms with Gasteiger partial charge in [-0.3, -0.25) is 0 Å². The molecule has 0 aromatic heterocycles. The van der Waals surface area contributed by atoms with Crippen LogP contribution in [-0.4, -0.2) is 16.9 Å². The summed E-state index contributed by atoms with van der Waals surface area (Å²) in [6, 6.07) is 6.98. The average Bonchev–Trinajstić information content (AvgIpc) is 2.01. The van der Waals surface area contributed by atoms with Gasteiger partial charge in [0.05, 0.1) is 0 Å². The van der Waals surface area contributed by atoms with Crippen molar-refractivity contribution in [3.63, 3.8) is 0 Å². The maximum absolute atomic E-state index is 9.03. The molecule has 0 fully saturated rings. The van der Waals surface area contributed by atoms with E-state index in [9.17, 15) is 0 Å². The predicted molar refractivity (Wildman–Crippen MR) is 41.6 cm³/mol. The Bertz CT molecular complexity index is 225. The Kier molecular flexibility index (Phi) is 2.89. The Balaban J connectivity index is 2.56. The van der Waals surface area contributed by atoms with Crippen molar-refractivity contribution in [1.29, 1.82) is 0 Å². The third-order valence-corrected chi connectivity index (χ3v) is 1.44. The second-order valence-corrected chi connectivity index (χ2v) is 2.33. The van der Waals surface area contributed by atoms with Gasteiger partial charge in [-0.15, -0.1) is 0 Å². The van der Waals surface area contributed by atoms with Crippen molar-refractivity contribution in [2.24, 2.45) is 0 Å². The molecule has 0 amide bonds. The minimum absolute atomic E-state index is 0.264. The lowest BCUT2D eigenvalue weighted by molar-refractivity contribution is 0.168. The van der Waals surface area contributed by atoms with E-state index in [1.165, 1.54) is 0 Å². The van der Waals surface area contributed by atoms with E-state index < -0.39 is 0 Å². The summed E-state index contributed by atoms with van der Waals surface area (Å²) >= 11 is 0. The minimum Gasteiger partial charge on any atom is -0.508 e. The molecular weight excluding hydrogens is 142 g/mol. The van der Waals surface area contributed by atoms with E-state index in [0.29, 0.717) is 13.0 Å². The second-order valence-electron chi connectivity index (χ2n) is 2.33. The fraction of sp³-hybridized carbons (Fsp3) is 0.250. The highest BCUT2D eigenvalue weighted by Crippen LogP contribution is 2.10. The third-order valence-electron chi connectivity index (χ3n) is 1.44. The van der Waals surface area contributed by atoms with E-state index in [1.807, 2.05) is 6.07 Å². The summed E-state index contributed by atoms with van der Waals surface area (Å²) < 4.78 is 0. The van der Waals surface area contributed by atoms with Crippen LogP contribution >= 0.6 is 0 Å². The van der Waals surface area contributed by atoms with Gasteiger partial charge < -0.3 is 10.3 Å². The lowest BCUT2D eigenvalue weighted by Crippen LogP contribution is -2.10. The molecule has 0 aliphatic rings. The summed E-state index contributed by atoms with van der Waals surface area (Å²) in [5, 5.41) is 17.3. The van der Waals surface area contributed by atoms with Crippen LogP contribution in [0.4, 0.5) is 0 Å². The molecule has 60 valence electrons. The van der Waals surface area contributed by atoms with Crippen LogP contribution in [0.2, 0.25) is 0 Å². The molecule has 0 aliphatic carbocycles. The zero-order valence-corrected chi connectivity index (χ0v) is 6.12. The molecule has 0 spiro atoms. The molecule has 11 heavy (non-hydrogen) atoms. The van der Waals surface area contributed by atoms with Crippen molar-refractivity contribution in [3.8, 4) is 5.75 Å². The average molecular weight is 153 g/mol. The molecule has 3 heteroatoms. The highest BCUT2D eigenvalue weighted by Gasteiger charge is 1.92. The number of phenolic OH excluding ortho intramolecular Hbond substituents is 1. The molecule has 0 radical (unpaired) electrons. The first kappa shape index (κ1) is 8.04. The standard InChI is InChI=1S/C8H11NO2/c10-8-3-1-2-7(6-8)4-5-9-11/h1-3,6,9-11H,4-5H2. The van der Waals surface area contributed by atoms with Crippen molar-refractivity contribution >= 4 is 0 Å². The highest BCUT2D eigenvalue weighted by atomic mass is 16.5. The Labute approximate surface area is 65.3 Å². The smallest absolute Gasteiger partial charge is 0.115 e. The molecule has 3 nitrogen and oxygen atoms in total. The van der Waals surface area contributed by atoms with Gasteiger partial charge in [-0.25, -0.2) is 5.48 Å². The fourth-order valence-corrected chi connectivity index (χ4v) is 0.912. The molecule has 0 unspecified atom stereocenters. The van der Waals surface area contributed by atoms with Gasteiger partial charge in [-0.1, -0.05) is 12.1 Å². The second kappa shape index (κ2) is 3.95. The third kappa shape index (κ3) is 2.57. The van der Waals surface area contributed by atoms with Crippen LogP contribution in [0.1, 0.15) is 5.56 Å². The molecule has 1 aromatic rings. The summed E-state index contributed by atoms with van der Waals surface area (Å²) in [5.74, 6) is 0.264. The Morgan fingerprint density at radius 3 is 2.82 bits per heavy atom. The molecular formula is C8H11NO2. The van der Waals surface area contributed by atoms with Gasteiger partial charge in [0.2, 0.25) is 0 Å². The monoisotopic (exact) mass is 153 g/mol. The Morgan fingerprint density at radius 1 is 1.36 bits per heavy atom. The maximum atomic E-state index is 9.03. The highest BCUT2D eigenvalue weighted by molar-refractivity contribution is 5.27. The Morgan fingerprint density at radius 2 is 2.18 bits per heavy atom. The van der Waals surface area contributed by atoms with Gasteiger partial charge in [0.1, 0.15) is 5.75 Å². The number of hydroxylamine groups is 1. The van der Waals surface area contributed by atoms with Crippen LogP contribution in [0.25, 0.3) is 0 Å². The van der Waals surface area contributed by atoms with Crippen LogP contribution in [0.5, 0.6) is 5.75 Å². The Hall–Kier alpha value is -1.06. The number of benzene rings is 1. The van der Waals surface area contributed by atoms with Crippen LogP contribution in [0, 0.1) is 0 Å².